The number of esters is 1. The van der Waals surface area contributed by atoms with Gasteiger partial charge in [-0.15, -0.1) is 0 Å². The van der Waals surface area contributed by atoms with Crippen LogP contribution >= 0.6 is 0 Å². The van der Waals surface area contributed by atoms with E-state index in [-0.39, 0.29) is 17.9 Å². The van der Waals surface area contributed by atoms with Gasteiger partial charge in [-0.1, -0.05) is 30.3 Å². The van der Waals surface area contributed by atoms with Crippen LogP contribution in [0.25, 0.3) is 0 Å². The molecule has 0 radical (unpaired) electrons. The van der Waals surface area contributed by atoms with Crippen molar-refractivity contribution < 1.29 is 19.1 Å². The summed E-state index contributed by atoms with van der Waals surface area (Å²) < 4.78 is 4.99. The van der Waals surface area contributed by atoms with Crippen LogP contribution in [0.5, 0.6) is 0 Å². The number of aryl methyl sites for hydroxylation is 1. The van der Waals surface area contributed by atoms with E-state index in [4.69, 9.17) is 4.74 Å². The molecule has 2 aromatic carbocycles. The van der Waals surface area contributed by atoms with Crippen molar-refractivity contribution in [3.05, 3.63) is 59.7 Å². The van der Waals surface area contributed by atoms with E-state index in [2.05, 4.69) is 5.32 Å². The van der Waals surface area contributed by atoms with Crippen molar-refractivity contribution in [1.29, 1.82) is 0 Å². The minimum Gasteiger partial charge on any atom is -0.462 e. The average Bonchev–Trinajstić information content (AvgIpc) is 2.67. The number of rotatable bonds is 3. The Morgan fingerprint density at radius 2 is 1.81 bits per heavy atom. The minimum absolute atomic E-state index is 0.217. The fraction of sp³-hybridized carbons (Fsp3) is 0.250. The summed E-state index contributed by atoms with van der Waals surface area (Å²) in [6, 6.07) is 14.0. The largest absolute Gasteiger partial charge is 0.462 e. The van der Waals surface area contributed by atoms with Crippen LogP contribution in [0.15, 0.2) is 48.5 Å². The molecule has 0 aromatic heterocycles. The highest BCUT2D eigenvalue weighted by atomic mass is 16.5. The van der Waals surface area contributed by atoms with Crippen molar-refractivity contribution in [1.82, 2.24) is 0 Å². The molecule has 0 saturated carbocycles. The second-order valence-electron chi connectivity index (χ2n) is 5.91. The zero-order valence-corrected chi connectivity index (χ0v) is 14.5. The molecule has 3 rings (SSSR count). The van der Waals surface area contributed by atoms with Crippen LogP contribution in [0.1, 0.15) is 29.3 Å². The number of nitrogens with one attached hydrogen (secondary N) is 1. The van der Waals surface area contributed by atoms with Crippen molar-refractivity contribution in [2.45, 2.75) is 19.8 Å². The fourth-order valence-electron chi connectivity index (χ4n) is 3.02. The van der Waals surface area contributed by atoms with Gasteiger partial charge in [0.05, 0.1) is 17.9 Å². The van der Waals surface area contributed by atoms with E-state index in [1.807, 2.05) is 24.3 Å². The molecular formula is C20H20N2O4. The van der Waals surface area contributed by atoms with Gasteiger partial charge in [-0.05, 0) is 43.5 Å². The van der Waals surface area contributed by atoms with Gasteiger partial charge in [0, 0.05) is 12.2 Å². The molecule has 6 heteroatoms. The zero-order chi connectivity index (χ0) is 18.5. The average molecular weight is 352 g/mol. The molecule has 0 unspecified atom stereocenters. The number of amides is 2. The third-order valence-electron chi connectivity index (χ3n) is 4.22. The fourth-order valence-corrected chi connectivity index (χ4v) is 3.02. The van der Waals surface area contributed by atoms with Crippen LogP contribution in [0.2, 0.25) is 0 Å². The van der Waals surface area contributed by atoms with Crippen LogP contribution in [-0.4, -0.2) is 30.9 Å². The predicted molar refractivity (Wildman–Crippen MR) is 98.1 cm³/mol. The maximum Gasteiger partial charge on any atom is 0.340 e. The normalized spacial score (nSPS) is 12.9. The minimum atomic E-state index is -0.779. The topological polar surface area (TPSA) is 75.7 Å². The van der Waals surface area contributed by atoms with E-state index in [0.717, 1.165) is 24.1 Å². The van der Waals surface area contributed by atoms with E-state index in [1.165, 1.54) is 4.90 Å². The van der Waals surface area contributed by atoms with Gasteiger partial charge in [0.2, 0.25) is 0 Å². The number of hydrogen-bond donors (Lipinski definition) is 1. The molecule has 0 bridgehead atoms. The van der Waals surface area contributed by atoms with Gasteiger partial charge < -0.3 is 15.0 Å². The van der Waals surface area contributed by atoms with E-state index in [1.54, 1.807) is 31.2 Å². The first-order valence-corrected chi connectivity index (χ1v) is 8.58. The molecule has 1 aliphatic rings. The molecular weight excluding hydrogens is 332 g/mol. The van der Waals surface area contributed by atoms with Crippen LogP contribution < -0.4 is 10.2 Å². The molecule has 1 N–H and O–H groups in total. The van der Waals surface area contributed by atoms with Crippen LogP contribution in [0, 0.1) is 0 Å². The summed E-state index contributed by atoms with van der Waals surface area (Å²) in [5, 5.41) is 2.55. The van der Waals surface area contributed by atoms with Crippen molar-refractivity contribution in [3.63, 3.8) is 0 Å². The van der Waals surface area contributed by atoms with Crippen molar-refractivity contribution in [2.75, 3.05) is 23.4 Å². The number of hydrogen-bond acceptors (Lipinski definition) is 4. The number of ether oxygens (including phenoxy) is 1. The predicted octanol–water partition coefficient (Wildman–Crippen LogP) is 2.78. The molecule has 134 valence electrons. The number of fused-ring (bicyclic) bond motifs is 1. The van der Waals surface area contributed by atoms with E-state index in [0.29, 0.717) is 6.54 Å². The number of benzene rings is 2. The lowest BCUT2D eigenvalue weighted by molar-refractivity contribution is -0.134. The Bertz CT molecular complexity index is 847. The Morgan fingerprint density at radius 1 is 1.08 bits per heavy atom. The molecule has 0 fully saturated rings. The molecule has 2 aromatic rings. The van der Waals surface area contributed by atoms with Crippen LogP contribution in [-0.2, 0) is 20.7 Å². The lowest BCUT2D eigenvalue weighted by Gasteiger charge is -2.28. The molecule has 1 heterocycles. The Morgan fingerprint density at radius 3 is 2.62 bits per heavy atom. The molecule has 2 amide bonds. The number of para-hydroxylation sites is 2. The highest BCUT2D eigenvalue weighted by Crippen LogP contribution is 2.27. The monoisotopic (exact) mass is 352 g/mol. The number of nitrogens with zero attached hydrogens (tertiary/aromatic N) is 1. The second-order valence-corrected chi connectivity index (χ2v) is 5.91. The zero-order valence-electron chi connectivity index (χ0n) is 14.5. The molecule has 26 heavy (non-hydrogen) atoms. The van der Waals surface area contributed by atoms with Crippen molar-refractivity contribution >= 4 is 29.2 Å². The highest BCUT2D eigenvalue weighted by Gasteiger charge is 2.28. The Hall–Kier alpha value is -3.15. The van der Waals surface area contributed by atoms with Gasteiger partial charge >= 0.3 is 17.8 Å². The van der Waals surface area contributed by atoms with Crippen LogP contribution in [0.4, 0.5) is 11.4 Å². The van der Waals surface area contributed by atoms with Crippen molar-refractivity contribution in [2.24, 2.45) is 0 Å². The summed E-state index contributed by atoms with van der Waals surface area (Å²) in [5.41, 5.74) is 2.29. The quantitative estimate of drug-likeness (QED) is 0.681. The molecule has 0 spiro atoms. The summed E-state index contributed by atoms with van der Waals surface area (Å²) in [4.78, 5) is 38.7. The lowest BCUT2D eigenvalue weighted by Crippen LogP contribution is -2.42. The second kappa shape index (κ2) is 7.82. The smallest absolute Gasteiger partial charge is 0.340 e. The Kier molecular flexibility index (Phi) is 5.31. The van der Waals surface area contributed by atoms with Crippen LogP contribution in [0.3, 0.4) is 0 Å². The van der Waals surface area contributed by atoms with Gasteiger partial charge in [0.1, 0.15) is 0 Å². The van der Waals surface area contributed by atoms with E-state index < -0.39 is 17.8 Å². The van der Waals surface area contributed by atoms with Gasteiger partial charge in [0.15, 0.2) is 0 Å². The molecule has 0 aliphatic carbocycles. The maximum absolute atomic E-state index is 12.7. The van der Waals surface area contributed by atoms with Gasteiger partial charge in [0.25, 0.3) is 0 Å². The molecule has 0 atom stereocenters. The van der Waals surface area contributed by atoms with E-state index >= 15 is 0 Å². The van der Waals surface area contributed by atoms with Crippen molar-refractivity contribution in [3.8, 4) is 0 Å². The molecule has 6 nitrogen and oxygen atoms in total. The Balaban J connectivity index is 1.80. The first kappa shape index (κ1) is 17.7. The summed E-state index contributed by atoms with van der Waals surface area (Å²) in [7, 11) is 0. The Labute approximate surface area is 151 Å². The van der Waals surface area contributed by atoms with Gasteiger partial charge in [-0.2, -0.15) is 0 Å². The number of anilines is 2. The summed E-state index contributed by atoms with van der Waals surface area (Å²) in [5.74, 6) is -1.96. The van der Waals surface area contributed by atoms with E-state index in [9.17, 15) is 14.4 Å². The summed E-state index contributed by atoms with van der Waals surface area (Å²) >= 11 is 0. The van der Waals surface area contributed by atoms with Gasteiger partial charge in [-0.25, -0.2) is 4.79 Å². The number of carbonyl (C=O) groups is 3. The third-order valence-corrected chi connectivity index (χ3v) is 4.22. The highest BCUT2D eigenvalue weighted by molar-refractivity contribution is 6.44. The maximum atomic E-state index is 12.7. The standard InChI is InChI=1S/C20H20N2O4/c1-2-26-20(25)15-10-4-5-11-16(15)21-18(23)19(24)22-13-7-9-14-8-3-6-12-17(14)22/h3-6,8,10-12H,2,7,9,13H2,1H3,(H,21,23). The number of carbonyl (C=O) groups excluding carboxylic acids is 3. The van der Waals surface area contributed by atoms with Gasteiger partial charge in [-0.3, -0.25) is 9.59 Å². The molecule has 1 aliphatic heterocycles. The SMILES string of the molecule is CCOC(=O)c1ccccc1NC(=O)C(=O)N1CCCc2ccccc21. The third kappa shape index (κ3) is 3.59. The molecule has 0 saturated heterocycles. The first-order chi connectivity index (χ1) is 12.6. The lowest BCUT2D eigenvalue weighted by atomic mass is 10.0. The summed E-state index contributed by atoms with van der Waals surface area (Å²) in [6.07, 6.45) is 1.68. The summed E-state index contributed by atoms with van der Waals surface area (Å²) in [6.45, 7) is 2.42. The first-order valence-electron chi connectivity index (χ1n) is 8.58.